The van der Waals surface area contributed by atoms with E-state index in [1.165, 1.54) is 24.2 Å². The summed E-state index contributed by atoms with van der Waals surface area (Å²) in [5, 5.41) is 8.85. The summed E-state index contributed by atoms with van der Waals surface area (Å²) >= 11 is 0. The van der Waals surface area contributed by atoms with E-state index in [0.717, 1.165) is 0 Å². The van der Waals surface area contributed by atoms with Crippen molar-refractivity contribution in [2.45, 2.75) is 0 Å². The number of hydrogen-bond donors (Lipinski definition) is 2. The molecule has 0 spiro atoms. The predicted molar refractivity (Wildman–Crippen MR) is 33.0 cm³/mol. The van der Waals surface area contributed by atoms with Crippen molar-refractivity contribution in [3.63, 3.8) is 0 Å². The fourth-order valence-electron chi connectivity index (χ4n) is 0.541. The monoisotopic (exact) mass is 128 g/mol. The van der Waals surface area contributed by atoms with E-state index in [0.29, 0.717) is 5.69 Å². The zero-order chi connectivity index (χ0) is 6.85. The first-order chi connectivity index (χ1) is 4.24. The van der Waals surface area contributed by atoms with Gasteiger partial charge in [-0.25, -0.2) is 0 Å². The molecule has 1 rings (SSSR count). The SMILES string of the molecule is COn1cc(N)c(O)c1. The van der Waals surface area contributed by atoms with Crippen LogP contribution in [0.25, 0.3) is 0 Å². The van der Waals surface area contributed by atoms with Crippen molar-refractivity contribution >= 4 is 5.69 Å². The lowest BCUT2D eigenvalue weighted by Crippen LogP contribution is -2.00. The quantitative estimate of drug-likeness (QED) is 0.552. The van der Waals surface area contributed by atoms with Crippen molar-refractivity contribution < 1.29 is 9.94 Å². The Kier molecular flexibility index (Phi) is 1.22. The van der Waals surface area contributed by atoms with Gasteiger partial charge in [-0.05, 0) is 0 Å². The molecule has 0 saturated heterocycles. The van der Waals surface area contributed by atoms with E-state index in [1.807, 2.05) is 0 Å². The molecule has 0 amide bonds. The molecule has 4 nitrogen and oxygen atoms in total. The van der Waals surface area contributed by atoms with Crippen LogP contribution < -0.4 is 10.6 Å². The van der Waals surface area contributed by atoms with Crippen LogP contribution in [0.1, 0.15) is 0 Å². The van der Waals surface area contributed by atoms with Crippen LogP contribution in [-0.2, 0) is 0 Å². The number of anilines is 1. The smallest absolute Gasteiger partial charge is 0.159 e. The second-order valence-electron chi connectivity index (χ2n) is 1.64. The number of aromatic hydroxyl groups is 1. The molecule has 3 N–H and O–H groups in total. The van der Waals surface area contributed by atoms with Gasteiger partial charge in [0.25, 0.3) is 0 Å². The van der Waals surface area contributed by atoms with Gasteiger partial charge < -0.3 is 15.7 Å². The highest BCUT2D eigenvalue weighted by molar-refractivity contribution is 5.49. The van der Waals surface area contributed by atoms with E-state index in [4.69, 9.17) is 15.7 Å². The van der Waals surface area contributed by atoms with Crippen LogP contribution in [0.2, 0.25) is 0 Å². The van der Waals surface area contributed by atoms with Crippen LogP contribution in [0.4, 0.5) is 5.69 Å². The molecule has 0 unspecified atom stereocenters. The number of aromatic nitrogens is 1. The highest BCUT2D eigenvalue weighted by Gasteiger charge is 1.98. The number of nitrogens with zero attached hydrogens (tertiary/aromatic N) is 1. The molecule has 0 atom stereocenters. The fraction of sp³-hybridized carbons (Fsp3) is 0.200. The maximum Gasteiger partial charge on any atom is 0.159 e. The third-order valence-corrected chi connectivity index (χ3v) is 1.02. The normalized spacial score (nSPS) is 9.44. The van der Waals surface area contributed by atoms with E-state index < -0.39 is 0 Å². The van der Waals surface area contributed by atoms with Gasteiger partial charge in [0, 0.05) is 0 Å². The van der Waals surface area contributed by atoms with Crippen molar-refractivity contribution in [2.24, 2.45) is 0 Å². The Hall–Kier alpha value is -1.32. The third kappa shape index (κ3) is 0.910. The van der Waals surface area contributed by atoms with Crippen molar-refractivity contribution in [1.29, 1.82) is 0 Å². The molecule has 1 aromatic heterocycles. The van der Waals surface area contributed by atoms with E-state index in [9.17, 15) is 0 Å². The summed E-state index contributed by atoms with van der Waals surface area (Å²) < 4.78 is 1.32. The van der Waals surface area contributed by atoms with Gasteiger partial charge >= 0.3 is 0 Å². The Bertz CT molecular complexity index is 187. The molecule has 0 radical (unpaired) electrons. The maximum atomic E-state index is 8.85. The first-order valence-electron chi connectivity index (χ1n) is 2.45. The average Bonchev–Trinajstić information content (AvgIpc) is 2.13. The van der Waals surface area contributed by atoms with Crippen LogP contribution in [0.3, 0.4) is 0 Å². The topological polar surface area (TPSA) is 60.4 Å². The molecule has 9 heavy (non-hydrogen) atoms. The number of rotatable bonds is 1. The third-order valence-electron chi connectivity index (χ3n) is 1.02. The fourth-order valence-corrected chi connectivity index (χ4v) is 0.541. The van der Waals surface area contributed by atoms with Gasteiger partial charge in [-0.2, -0.15) is 4.73 Å². The zero-order valence-electron chi connectivity index (χ0n) is 5.03. The summed E-state index contributed by atoms with van der Waals surface area (Å²) in [4.78, 5) is 4.69. The predicted octanol–water partition coefficient (Wildman–Crippen LogP) is -0.166. The van der Waals surface area contributed by atoms with Gasteiger partial charge in [-0.15, -0.1) is 0 Å². The highest BCUT2D eigenvalue weighted by Crippen LogP contribution is 2.18. The average molecular weight is 128 g/mol. The molecule has 0 aromatic carbocycles. The largest absolute Gasteiger partial charge is 0.504 e. The minimum absolute atomic E-state index is 0.0388. The van der Waals surface area contributed by atoms with Crippen LogP contribution in [0.15, 0.2) is 12.4 Å². The lowest BCUT2D eigenvalue weighted by molar-refractivity contribution is 0.167. The first kappa shape index (κ1) is 5.81. The molecule has 50 valence electrons. The van der Waals surface area contributed by atoms with Gasteiger partial charge in [0.1, 0.15) is 7.11 Å². The molecule has 0 bridgehead atoms. The van der Waals surface area contributed by atoms with Gasteiger partial charge in [-0.1, -0.05) is 0 Å². The Balaban J connectivity index is 2.98. The molecule has 0 fully saturated rings. The molecular formula is C5H8N2O2. The van der Waals surface area contributed by atoms with E-state index in [-0.39, 0.29) is 5.75 Å². The van der Waals surface area contributed by atoms with Crippen molar-refractivity contribution in [1.82, 2.24) is 4.73 Å². The first-order valence-corrected chi connectivity index (χ1v) is 2.45. The highest BCUT2D eigenvalue weighted by atomic mass is 16.6. The van der Waals surface area contributed by atoms with E-state index in [1.54, 1.807) is 0 Å². The van der Waals surface area contributed by atoms with Gasteiger partial charge in [-0.3, -0.25) is 0 Å². The molecule has 1 heterocycles. The summed E-state index contributed by atoms with van der Waals surface area (Å²) in [6.45, 7) is 0. The maximum absolute atomic E-state index is 8.85. The van der Waals surface area contributed by atoms with Crippen molar-refractivity contribution in [3.8, 4) is 5.75 Å². The molecule has 4 heteroatoms. The number of hydrogen-bond acceptors (Lipinski definition) is 3. The molecule has 0 aliphatic heterocycles. The number of nitrogen functional groups attached to an aromatic ring is 1. The summed E-state index contributed by atoms with van der Waals surface area (Å²) in [7, 11) is 1.48. The Morgan fingerprint density at radius 2 is 2.33 bits per heavy atom. The Morgan fingerprint density at radius 1 is 1.67 bits per heavy atom. The van der Waals surface area contributed by atoms with Gasteiger partial charge in [0.05, 0.1) is 18.1 Å². The second-order valence-corrected chi connectivity index (χ2v) is 1.64. The second kappa shape index (κ2) is 1.89. The Morgan fingerprint density at radius 3 is 2.56 bits per heavy atom. The minimum atomic E-state index is 0.0388. The van der Waals surface area contributed by atoms with E-state index in [2.05, 4.69) is 0 Å². The van der Waals surface area contributed by atoms with Crippen LogP contribution >= 0.6 is 0 Å². The molecule has 0 aliphatic carbocycles. The molecule has 0 aliphatic rings. The number of nitrogens with two attached hydrogens (primary N) is 1. The van der Waals surface area contributed by atoms with Crippen LogP contribution in [0.5, 0.6) is 5.75 Å². The molecule has 1 aromatic rings. The lowest BCUT2D eigenvalue weighted by atomic mass is 10.5. The zero-order valence-corrected chi connectivity index (χ0v) is 5.03. The minimum Gasteiger partial charge on any atom is -0.504 e. The summed E-state index contributed by atoms with van der Waals surface area (Å²) in [5.41, 5.74) is 5.58. The van der Waals surface area contributed by atoms with Crippen molar-refractivity contribution in [2.75, 3.05) is 12.8 Å². The van der Waals surface area contributed by atoms with Crippen LogP contribution in [-0.4, -0.2) is 16.9 Å². The lowest BCUT2D eigenvalue weighted by Gasteiger charge is -1.94. The standard InChI is InChI=1S/C5H8N2O2/c1-9-7-2-4(6)5(8)3-7/h2-3,8H,6H2,1H3. The summed E-state index contributed by atoms with van der Waals surface area (Å²) in [5.74, 6) is 0.0388. The summed E-state index contributed by atoms with van der Waals surface area (Å²) in [6, 6.07) is 0. The van der Waals surface area contributed by atoms with E-state index >= 15 is 0 Å². The summed E-state index contributed by atoms with van der Waals surface area (Å²) in [6.07, 6.45) is 2.87. The van der Waals surface area contributed by atoms with Gasteiger partial charge in [0.2, 0.25) is 0 Å². The Labute approximate surface area is 52.4 Å². The van der Waals surface area contributed by atoms with Crippen LogP contribution in [0, 0.1) is 0 Å². The molecular weight excluding hydrogens is 120 g/mol. The van der Waals surface area contributed by atoms with Gasteiger partial charge in [0.15, 0.2) is 5.75 Å². The molecule has 0 saturated carbocycles. The van der Waals surface area contributed by atoms with Crippen molar-refractivity contribution in [3.05, 3.63) is 12.4 Å².